The van der Waals surface area contributed by atoms with Crippen molar-refractivity contribution in [1.82, 2.24) is 20.5 Å². The first-order chi connectivity index (χ1) is 6.86. The molecule has 0 unspecified atom stereocenters. The minimum atomic E-state index is -0.149. The molecular formula is C9H10N4O. The van der Waals surface area contributed by atoms with Crippen LogP contribution in [0.1, 0.15) is 16.1 Å². The van der Waals surface area contributed by atoms with Gasteiger partial charge in [-0.25, -0.2) is 0 Å². The zero-order valence-electron chi connectivity index (χ0n) is 7.45. The largest absolute Gasteiger partial charge is 0.367 e. The molecule has 0 saturated carbocycles. The number of rotatable bonds is 3. The van der Waals surface area contributed by atoms with Gasteiger partial charge < -0.3 is 10.3 Å². The van der Waals surface area contributed by atoms with Gasteiger partial charge in [0.25, 0.3) is 5.91 Å². The fourth-order valence-electron chi connectivity index (χ4n) is 1.13. The van der Waals surface area contributed by atoms with Crippen LogP contribution < -0.4 is 5.32 Å². The third kappa shape index (κ3) is 1.82. The van der Waals surface area contributed by atoms with Crippen molar-refractivity contribution in [3.63, 3.8) is 0 Å². The standard InChI is InChI=1S/C9H10N4O/c14-9(8-2-4-12-13-8)11-6-7-1-3-10-5-7/h1-5,10H,6H2,(H,11,14)(H,12,13). The third-order valence-electron chi connectivity index (χ3n) is 1.86. The summed E-state index contributed by atoms with van der Waals surface area (Å²) < 4.78 is 0. The molecule has 0 aliphatic carbocycles. The van der Waals surface area contributed by atoms with Crippen molar-refractivity contribution in [2.75, 3.05) is 0 Å². The number of H-pyrrole nitrogens is 2. The highest BCUT2D eigenvalue weighted by Crippen LogP contribution is 1.97. The molecule has 14 heavy (non-hydrogen) atoms. The Hall–Kier alpha value is -2.04. The van der Waals surface area contributed by atoms with Crippen LogP contribution in [-0.2, 0) is 6.54 Å². The average molecular weight is 190 g/mol. The van der Waals surface area contributed by atoms with E-state index >= 15 is 0 Å². The lowest BCUT2D eigenvalue weighted by molar-refractivity contribution is 0.0946. The van der Waals surface area contributed by atoms with Crippen LogP contribution in [-0.4, -0.2) is 21.1 Å². The first-order valence-electron chi connectivity index (χ1n) is 4.25. The maximum absolute atomic E-state index is 11.4. The van der Waals surface area contributed by atoms with E-state index in [-0.39, 0.29) is 5.91 Å². The van der Waals surface area contributed by atoms with Gasteiger partial charge in [-0.2, -0.15) is 5.10 Å². The topological polar surface area (TPSA) is 73.6 Å². The Bertz CT molecular complexity index is 390. The molecule has 2 aromatic heterocycles. The van der Waals surface area contributed by atoms with Gasteiger partial charge in [-0.3, -0.25) is 9.89 Å². The van der Waals surface area contributed by atoms with E-state index in [1.165, 1.54) is 0 Å². The maximum Gasteiger partial charge on any atom is 0.269 e. The van der Waals surface area contributed by atoms with Gasteiger partial charge in [-0.1, -0.05) is 0 Å². The molecule has 5 nitrogen and oxygen atoms in total. The third-order valence-corrected chi connectivity index (χ3v) is 1.86. The van der Waals surface area contributed by atoms with E-state index in [2.05, 4.69) is 20.5 Å². The molecule has 1 amide bonds. The van der Waals surface area contributed by atoms with Crippen LogP contribution in [0.4, 0.5) is 0 Å². The predicted octanol–water partition coefficient (Wildman–Crippen LogP) is 0.668. The van der Waals surface area contributed by atoms with E-state index in [4.69, 9.17) is 0 Å². The summed E-state index contributed by atoms with van der Waals surface area (Å²) in [5.74, 6) is -0.149. The monoisotopic (exact) mass is 190 g/mol. The first kappa shape index (κ1) is 8.55. The molecular weight excluding hydrogens is 180 g/mol. The summed E-state index contributed by atoms with van der Waals surface area (Å²) in [6.07, 6.45) is 5.20. The van der Waals surface area contributed by atoms with Gasteiger partial charge >= 0.3 is 0 Å². The normalized spacial score (nSPS) is 10.0. The molecule has 0 aromatic carbocycles. The molecule has 2 aromatic rings. The lowest BCUT2D eigenvalue weighted by Gasteiger charge is -2.00. The Balaban J connectivity index is 1.90. The summed E-state index contributed by atoms with van der Waals surface area (Å²) in [6.45, 7) is 0.515. The number of aromatic amines is 2. The van der Waals surface area contributed by atoms with Crippen LogP contribution in [0.15, 0.2) is 30.7 Å². The lowest BCUT2D eigenvalue weighted by atomic mass is 10.3. The minimum absolute atomic E-state index is 0.149. The van der Waals surface area contributed by atoms with Gasteiger partial charge in [0.05, 0.1) is 0 Å². The molecule has 0 radical (unpaired) electrons. The smallest absolute Gasteiger partial charge is 0.269 e. The van der Waals surface area contributed by atoms with E-state index in [0.29, 0.717) is 12.2 Å². The zero-order valence-corrected chi connectivity index (χ0v) is 7.45. The molecule has 2 heterocycles. The molecule has 5 heteroatoms. The average Bonchev–Trinajstić information content (AvgIpc) is 2.87. The summed E-state index contributed by atoms with van der Waals surface area (Å²) in [5.41, 5.74) is 1.51. The number of carbonyl (C=O) groups excluding carboxylic acids is 1. The summed E-state index contributed by atoms with van der Waals surface area (Å²) in [7, 11) is 0. The van der Waals surface area contributed by atoms with Gasteiger partial charge in [-0.05, 0) is 17.7 Å². The molecule has 0 fully saturated rings. The van der Waals surface area contributed by atoms with Crippen LogP contribution in [0, 0.1) is 0 Å². The van der Waals surface area contributed by atoms with Gasteiger partial charge in [0.15, 0.2) is 0 Å². The fraction of sp³-hybridized carbons (Fsp3) is 0.111. The van der Waals surface area contributed by atoms with E-state index in [0.717, 1.165) is 5.56 Å². The van der Waals surface area contributed by atoms with Crippen molar-refractivity contribution < 1.29 is 4.79 Å². The lowest BCUT2D eigenvalue weighted by Crippen LogP contribution is -2.22. The molecule has 0 atom stereocenters. The molecule has 0 aliphatic rings. The van der Waals surface area contributed by atoms with Crippen molar-refractivity contribution in [2.24, 2.45) is 0 Å². The zero-order chi connectivity index (χ0) is 9.80. The molecule has 0 bridgehead atoms. The van der Waals surface area contributed by atoms with Crippen molar-refractivity contribution in [3.8, 4) is 0 Å². The van der Waals surface area contributed by atoms with Crippen LogP contribution in [0.2, 0.25) is 0 Å². The van der Waals surface area contributed by atoms with Crippen molar-refractivity contribution >= 4 is 5.91 Å². The van der Waals surface area contributed by atoms with Crippen LogP contribution >= 0.6 is 0 Å². The molecule has 0 saturated heterocycles. The molecule has 0 spiro atoms. The maximum atomic E-state index is 11.4. The highest BCUT2D eigenvalue weighted by atomic mass is 16.1. The van der Waals surface area contributed by atoms with Gasteiger partial charge in [0.1, 0.15) is 5.69 Å². The Kier molecular flexibility index (Phi) is 2.31. The van der Waals surface area contributed by atoms with Crippen LogP contribution in [0.3, 0.4) is 0 Å². The molecule has 2 rings (SSSR count). The van der Waals surface area contributed by atoms with Crippen LogP contribution in [0.5, 0.6) is 0 Å². The molecule has 72 valence electrons. The molecule has 3 N–H and O–H groups in total. The highest BCUT2D eigenvalue weighted by Gasteiger charge is 2.05. The van der Waals surface area contributed by atoms with Gasteiger partial charge in [-0.15, -0.1) is 0 Å². The number of nitrogens with one attached hydrogen (secondary N) is 3. The predicted molar refractivity (Wildman–Crippen MR) is 50.6 cm³/mol. The number of amides is 1. The second-order valence-corrected chi connectivity index (χ2v) is 2.87. The minimum Gasteiger partial charge on any atom is -0.367 e. The van der Waals surface area contributed by atoms with E-state index < -0.39 is 0 Å². The number of carbonyl (C=O) groups is 1. The van der Waals surface area contributed by atoms with E-state index in [1.807, 2.05) is 18.5 Å². The molecule has 0 aliphatic heterocycles. The van der Waals surface area contributed by atoms with Crippen molar-refractivity contribution in [1.29, 1.82) is 0 Å². The van der Waals surface area contributed by atoms with Crippen molar-refractivity contribution in [3.05, 3.63) is 42.0 Å². The Labute approximate surface area is 80.5 Å². The second kappa shape index (κ2) is 3.78. The Morgan fingerprint density at radius 3 is 3.07 bits per heavy atom. The second-order valence-electron chi connectivity index (χ2n) is 2.87. The van der Waals surface area contributed by atoms with Crippen molar-refractivity contribution in [2.45, 2.75) is 6.54 Å². The summed E-state index contributed by atoms with van der Waals surface area (Å²) in [4.78, 5) is 14.3. The summed E-state index contributed by atoms with van der Waals surface area (Å²) in [5, 5.41) is 9.05. The number of aromatic nitrogens is 3. The Morgan fingerprint density at radius 1 is 1.50 bits per heavy atom. The van der Waals surface area contributed by atoms with E-state index in [1.54, 1.807) is 12.3 Å². The summed E-state index contributed by atoms with van der Waals surface area (Å²) >= 11 is 0. The van der Waals surface area contributed by atoms with E-state index in [9.17, 15) is 4.79 Å². The van der Waals surface area contributed by atoms with Crippen LogP contribution in [0.25, 0.3) is 0 Å². The number of nitrogens with zero attached hydrogens (tertiary/aromatic N) is 1. The van der Waals surface area contributed by atoms with Gasteiger partial charge in [0, 0.05) is 25.1 Å². The first-order valence-corrected chi connectivity index (χ1v) is 4.25. The fourth-order valence-corrected chi connectivity index (χ4v) is 1.13. The van der Waals surface area contributed by atoms with Gasteiger partial charge in [0.2, 0.25) is 0 Å². The number of hydrogen-bond donors (Lipinski definition) is 3. The Morgan fingerprint density at radius 2 is 2.43 bits per heavy atom. The SMILES string of the molecule is O=C(NCc1cc[nH]c1)c1ccn[nH]1. The summed E-state index contributed by atoms with van der Waals surface area (Å²) in [6, 6.07) is 3.54. The number of hydrogen-bond acceptors (Lipinski definition) is 2. The quantitative estimate of drug-likeness (QED) is 0.665. The highest BCUT2D eigenvalue weighted by molar-refractivity contribution is 5.91.